The van der Waals surface area contributed by atoms with Crippen molar-refractivity contribution in [3.8, 4) is 0 Å². The zero-order valence-electron chi connectivity index (χ0n) is 7.66. The molecule has 0 aromatic carbocycles. The number of nitrogens with two attached hydrogens (primary N) is 1. The van der Waals surface area contributed by atoms with E-state index in [1.54, 1.807) is 0 Å². The SMILES string of the molecule is NC(=O)C(C[C@@H]1CCNC1=O)NC=O. The number of primary amides is 1. The number of hydrogen-bond acceptors (Lipinski definition) is 3. The summed E-state index contributed by atoms with van der Waals surface area (Å²) in [6.45, 7) is 0.621. The second-order valence-corrected chi connectivity index (χ2v) is 3.25. The molecule has 0 spiro atoms. The van der Waals surface area contributed by atoms with Gasteiger partial charge in [-0.25, -0.2) is 0 Å². The predicted molar refractivity (Wildman–Crippen MR) is 47.9 cm³/mol. The van der Waals surface area contributed by atoms with Crippen LogP contribution in [0, 0.1) is 5.92 Å². The highest BCUT2D eigenvalue weighted by molar-refractivity contribution is 5.85. The molecule has 78 valence electrons. The first-order valence-electron chi connectivity index (χ1n) is 4.42. The van der Waals surface area contributed by atoms with Crippen molar-refractivity contribution in [2.45, 2.75) is 18.9 Å². The van der Waals surface area contributed by atoms with E-state index in [-0.39, 0.29) is 18.2 Å². The number of carbonyl (C=O) groups is 3. The van der Waals surface area contributed by atoms with E-state index in [1.807, 2.05) is 0 Å². The van der Waals surface area contributed by atoms with Crippen molar-refractivity contribution in [3.05, 3.63) is 0 Å². The van der Waals surface area contributed by atoms with E-state index in [9.17, 15) is 14.4 Å². The largest absolute Gasteiger partial charge is 0.368 e. The van der Waals surface area contributed by atoms with Gasteiger partial charge in [-0.15, -0.1) is 0 Å². The molecule has 0 radical (unpaired) electrons. The Balaban J connectivity index is 2.49. The number of carbonyl (C=O) groups excluding carboxylic acids is 3. The average Bonchev–Trinajstić information content (AvgIpc) is 2.51. The molecule has 6 heteroatoms. The normalized spacial score (nSPS) is 22.6. The molecule has 6 nitrogen and oxygen atoms in total. The summed E-state index contributed by atoms with van der Waals surface area (Å²) < 4.78 is 0. The zero-order chi connectivity index (χ0) is 10.6. The molecule has 3 amide bonds. The fourth-order valence-electron chi connectivity index (χ4n) is 1.50. The van der Waals surface area contributed by atoms with Gasteiger partial charge in [0.1, 0.15) is 6.04 Å². The maximum atomic E-state index is 11.2. The van der Waals surface area contributed by atoms with Gasteiger partial charge >= 0.3 is 0 Å². The fraction of sp³-hybridized carbons (Fsp3) is 0.625. The molecule has 1 aliphatic rings. The molecule has 2 atom stereocenters. The molecule has 0 aliphatic carbocycles. The summed E-state index contributed by atoms with van der Waals surface area (Å²) in [7, 11) is 0. The van der Waals surface area contributed by atoms with Crippen molar-refractivity contribution in [1.82, 2.24) is 10.6 Å². The smallest absolute Gasteiger partial charge is 0.240 e. The molecule has 14 heavy (non-hydrogen) atoms. The van der Waals surface area contributed by atoms with Gasteiger partial charge < -0.3 is 16.4 Å². The molecular formula is C8H13N3O3. The monoisotopic (exact) mass is 199 g/mol. The highest BCUT2D eigenvalue weighted by atomic mass is 16.2. The first-order chi connectivity index (χ1) is 6.65. The highest BCUT2D eigenvalue weighted by Gasteiger charge is 2.28. The van der Waals surface area contributed by atoms with Crippen LogP contribution in [0.1, 0.15) is 12.8 Å². The van der Waals surface area contributed by atoms with Crippen LogP contribution in [0.2, 0.25) is 0 Å². The molecular weight excluding hydrogens is 186 g/mol. The molecule has 0 bridgehead atoms. The topological polar surface area (TPSA) is 101 Å². The van der Waals surface area contributed by atoms with Crippen LogP contribution in [0.3, 0.4) is 0 Å². The molecule has 1 aliphatic heterocycles. The van der Waals surface area contributed by atoms with Crippen LogP contribution >= 0.6 is 0 Å². The van der Waals surface area contributed by atoms with Crippen molar-refractivity contribution >= 4 is 18.2 Å². The molecule has 4 N–H and O–H groups in total. The van der Waals surface area contributed by atoms with Gasteiger partial charge in [0, 0.05) is 12.5 Å². The minimum Gasteiger partial charge on any atom is -0.368 e. The van der Waals surface area contributed by atoms with Crippen molar-refractivity contribution in [3.63, 3.8) is 0 Å². The van der Waals surface area contributed by atoms with Crippen molar-refractivity contribution in [2.24, 2.45) is 11.7 Å². The van der Waals surface area contributed by atoms with Crippen LogP contribution in [0.4, 0.5) is 0 Å². The number of nitrogens with one attached hydrogen (secondary N) is 2. The minimum absolute atomic E-state index is 0.0797. The maximum Gasteiger partial charge on any atom is 0.240 e. The lowest BCUT2D eigenvalue weighted by Gasteiger charge is -2.14. The number of rotatable bonds is 5. The third-order valence-corrected chi connectivity index (χ3v) is 2.30. The van der Waals surface area contributed by atoms with Gasteiger partial charge in [-0.3, -0.25) is 14.4 Å². The second kappa shape index (κ2) is 4.59. The molecule has 1 unspecified atom stereocenters. The Bertz CT molecular complexity index is 254. The Morgan fingerprint density at radius 3 is 2.93 bits per heavy atom. The fourth-order valence-corrected chi connectivity index (χ4v) is 1.50. The lowest BCUT2D eigenvalue weighted by molar-refractivity contribution is -0.125. The predicted octanol–water partition coefficient (Wildman–Crippen LogP) is -1.89. The lowest BCUT2D eigenvalue weighted by atomic mass is 9.98. The summed E-state index contributed by atoms with van der Waals surface area (Å²) in [6, 6.07) is -0.749. The Hall–Kier alpha value is -1.59. The van der Waals surface area contributed by atoms with Crippen molar-refractivity contribution in [1.29, 1.82) is 0 Å². The van der Waals surface area contributed by atoms with E-state index in [2.05, 4.69) is 10.6 Å². The Kier molecular flexibility index (Phi) is 3.44. The van der Waals surface area contributed by atoms with E-state index in [0.29, 0.717) is 19.4 Å². The second-order valence-electron chi connectivity index (χ2n) is 3.25. The highest BCUT2D eigenvalue weighted by Crippen LogP contribution is 2.15. The van der Waals surface area contributed by atoms with E-state index >= 15 is 0 Å². The van der Waals surface area contributed by atoms with E-state index in [0.717, 1.165) is 0 Å². The first-order valence-corrected chi connectivity index (χ1v) is 4.42. The average molecular weight is 199 g/mol. The van der Waals surface area contributed by atoms with Gasteiger partial charge in [0.05, 0.1) is 0 Å². The summed E-state index contributed by atoms with van der Waals surface area (Å²) in [4.78, 5) is 32.2. The molecule has 1 saturated heterocycles. The van der Waals surface area contributed by atoms with Gasteiger partial charge in [-0.05, 0) is 12.8 Å². The van der Waals surface area contributed by atoms with Gasteiger partial charge in [0.15, 0.2) is 0 Å². The van der Waals surface area contributed by atoms with Gasteiger partial charge in [-0.1, -0.05) is 0 Å². The number of amides is 3. The molecule has 0 aromatic rings. The zero-order valence-corrected chi connectivity index (χ0v) is 7.66. The third kappa shape index (κ3) is 2.45. The molecule has 1 heterocycles. The van der Waals surface area contributed by atoms with E-state index in [4.69, 9.17) is 5.73 Å². The molecule has 0 aromatic heterocycles. The Morgan fingerprint density at radius 1 is 1.79 bits per heavy atom. The summed E-state index contributed by atoms with van der Waals surface area (Å²) in [6.07, 6.45) is 1.38. The van der Waals surface area contributed by atoms with Gasteiger partial charge in [0.2, 0.25) is 18.2 Å². The van der Waals surface area contributed by atoms with Crippen LogP contribution in [0.25, 0.3) is 0 Å². The van der Waals surface area contributed by atoms with Crippen LogP contribution < -0.4 is 16.4 Å². The molecule has 1 rings (SSSR count). The minimum atomic E-state index is -0.749. The van der Waals surface area contributed by atoms with Gasteiger partial charge in [-0.2, -0.15) is 0 Å². The van der Waals surface area contributed by atoms with Crippen LogP contribution in [-0.4, -0.2) is 30.8 Å². The lowest BCUT2D eigenvalue weighted by Crippen LogP contribution is -2.42. The Labute approximate surface area is 81.2 Å². The van der Waals surface area contributed by atoms with Gasteiger partial charge in [0.25, 0.3) is 0 Å². The van der Waals surface area contributed by atoms with Crippen molar-refractivity contribution < 1.29 is 14.4 Å². The maximum absolute atomic E-state index is 11.2. The summed E-state index contributed by atoms with van der Waals surface area (Å²) in [5.41, 5.74) is 5.05. The van der Waals surface area contributed by atoms with E-state index in [1.165, 1.54) is 0 Å². The summed E-state index contributed by atoms with van der Waals surface area (Å²) in [5, 5.41) is 4.94. The van der Waals surface area contributed by atoms with E-state index < -0.39 is 11.9 Å². The first kappa shape index (κ1) is 10.5. The Morgan fingerprint density at radius 2 is 2.50 bits per heavy atom. The third-order valence-electron chi connectivity index (χ3n) is 2.30. The standard InChI is InChI=1S/C8H13N3O3/c9-7(13)6(11-4-12)3-5-1-2-10-8(5)14/h4-6H,1-3H2,(H2,9,13)(H,10,14)(H,11,12)/t5-,6?/m0/s1. The summed E-state index contributed by atoms with van der Waals surface area (Å²) >= 11 is 0. The molecule has 0 saturated carbocycles. The molecule has 1 fully saturated rings. The number of hydrogen-bond donors (Lipinski definition) is 3. The summed E-state index contributed by atoms with van der Waals surface area (Å²) in [5.74, 6) is -0.916. The van der Waals surface area contributed by atoms with Crippen LogP contribution in [0.15, 0.2) is 0 Å². The quantitative estimate of drug-likeness (QED) is 0.451. The van der Waals surface area contributed by atoms with Crippen LogP contribution in [-0.2, 0) is 14.4 Å². The van der Waals surface area contributed by atoms with Crippen LogP contribution in [0.5, 0.6) is 0 Å². The van der Waals surface area contributed by atoms with Crippen molar-refractivity contribution in [2.75, 3.05) is 6.54 Å².